The van der Waals surface area contributed by atoms with Crippen molar-refractivity contribution in [3.05, 3.63) is 29.3 Å². The largest absolute Gasteiger partial charge is 0.497 e. The summed E-state index contributed by atoms with van der Waals surface area (Å²) in [7, 11) is 1.29. The topological polar surface area (TPSA) is 55.5 Å². The third-order valence-electron chi connectivity index (χ3n) is 2.92. The summed E-state index contributed by atoms with van der Waals surface area (Å²) in [4.78, 5) is 0. The van der Waals surface area contributed by atoms with Crippen molar-refractivity contribution in [3.63, 3.8) is 0 Å². The minimum Gasteiger partial charge on any atom is -0.497 e. The van der Waals surface area contributed by atoms with Crippen LogP contribution in [-0.2, 0) is 6.18 Å². The molecule has 1 rings (SSSR count). The summed E-state index contributed by atoms with van der Waals surface area (Å²) in [5, 5.41) is 9.76. The van der Waals surface area contributed by atoms with Gasteiger partial charge in [0, 0.05) is 0 Å². The number of rotatable bonds is 5. The first-order valence-electron chi connectivity index (χ1n) is 6.00. The Morgan fingerprint density at radius 3 is 2.40 bits per heavy atom. The molecule has 2 atom stereocenters. The summed E-state index contributed by atoms with van der Waals surface area (Å²) in [5.74, 6) is 0.105. The lowest BCUT2D eigenvalue weighted by Crippen LogP contribution is -2.28. The van der Waals surface area contributed by atoms with Gasteiger partial charge in [-0.2, -0.15) is 13.2 Å². The van der Waals surface area contributed by atoms with Crippen LogP contribution in [0.25, 0.3) is 0 Å². The normalized spacial score (nSPS) is 14.3. The van der Waals surface area contributed by atoms with E-state index < -0.39 is 23.9 Å². The number of benzene rings is 1. The van der Waals surface area contributed by atoms with Crippen LogP contribution < -0.4 is 10.5 Å². The van der Waals surface area contributed by atoms with Crippen molar-refractivity contribution in [2.75, 3.05) is 7.11 Å². The third kappa shape index (κ3) is 4.54. The molecule has 0 radical (unpaired) electrons. The van der Waals surface area contributed by atoms with Crippen LogP contribution >= 0.6 is 12.4 Å². The molecule has 0 aliphatic heterocycles. The third-order valence-corrected chi connectivity index (χ3v) is 2.92. The van der Waals surface area contributed by atoms with Gasteiger partial charge in [0.2, 0.25) is 0 Å². The highest BCUT2D eigenvalue weighted by Crippen LogP contribution is 2.37. The lowest BCUT2D eigenvalue weighted by molar-refractivity contribution is -0.138. The quantitative estimate of drug-likeness (QED) is 0.877. The highest BCUT2D eigenvalue weighted by atomic mass is 35.5. The Morgan fingerprint density at radius 2 is 1.95 bits per heavy atom. The predicted octanol–water partition coefficient (Wildman–Crippen LogP) is 3.30. The fourth-order valence-corrected chi connectivity index (χ4v) is 1.88. The average Bonchev–Trinajstić information content (AvgIpc) is 2.36. The van der Waals surface area contributed by atoms with E-state index in [9.17, 15) is 18.3 Å². The first-order chi connectivity index (χ1) is 8.81. The molecule has 0 saturated carbocycles. The van der Waals surface area contributed by atoms with Gasteiger partial charge in [0.15, 0.2) is 0 Å². The summed E-state index contributed by atoms with van der Waals surface area (Å²) in [6.45, 7) is 1.83. The number of halogens is 4. The SMILES string of the molecule is CCC[C@@H](O)[C@@H](N)c1ccc(OC)cc1C(F)(F)F.Cl. The second kappa shape index (κ2) is 7.71. The molecule has 0 spiro atoms. The smallest absolute Gasteiger partial charge is 0.416 e. The fourth-order valence-electron chi connectivity index (χ4n) is 1.88. The summed E-state index contributed by atoms with van der Waals surface area (Å²) < 4.78 is 43.7. The van der Waals surface area contributed by atoms with E-state index in [1.54, 1.807) is 0 Å². The van der Waals surface area contributed by atoms with Crippen molar-refractivity contribution in [1.29, 1.82) is 0 Å². The zero-order valence-electron chi connectivity index (χ0n) is 11.3. The maximum absolute atomic E-state index is 13.0. The van der Waals surface area contributed by atoms with Gasteiger partial charge in [-0.25, -0.2) is 0 Å². The maximum Gasteiger partial charge on any atom is 0.416 e. The number of ether oxygens (including phenoxy) is 1. The van der Waals surface area contributed by atoms with Crippen LogP contribution in [0.15, 0.2) is 18.2 Å². The van der Waals surface area contributed by atoms with Crippen LogP contribution in [0.1, 0.15) is 36.9 Å². The molecule has 3 nitrogen and oxygen atoms in total. The van der Waals surface area contributed by atoms with Crippen molar-refractivity contribution in [3.8, 4) is 5.75 Å². The van der Waals surface area contributed by atoms with Gasteiger partial charge in [0.1, 0.15) is 5.75 Å². The Kier molecular flexibility index (Phi) is 7.33. The highest BCUT2D eigenvalue weighted by Gasteiger charge is 2.36. The number of hydrogen-bond acceptors (Lipinski definition) is 3. The Bertz CT molecular complexity index is 427. The van der Waals surface area contributed by atoms with E-state index in [1.165, 1.54) is 19.2 Å². The molecule has 0 fully saturated rings. The molecule has 1 aromatic rings. The molecule has 7 heteroatoms. The van der Waals surface area contributed by atoms with E-state index in [2.05, 4.69) is 0 Å². The molecule has 116 valence electrons. The number of nitrogens with two attached hydrogens (primary N) is 1. The van der Waals surface area contributed by atoms with Gasteiger partial charge in [0.25, 0.3) is 0 Å². The minimum atomic E-state index is -4.53. The van der Waals surface area contributed by atoms with E-state index in [0.717, 1.165) is 6.07 Å². The summed E-state index contributed by atoms with van der Waals surface area (Å²) >= 11 is 0. The molecule has 20 heavy (non-hydrogen) atoms. The second-order valence-corrected chi connectivity index (χ2v) is 4.33. The van der Waals surface area contributed by atoms with Crippen LogP contribution in [0.3, 0.4) is 0 Å². The van der Waals surface area contributed by atoms with E-state index >= 15 is 0 Å². The lowest BCUT2D eigenvalue weighted by atomic mass is 9.94. The fraction of sp³-hybridized carbons (Fsp3) is 0.538. The maximum atomic E-state index is 13.0. The highest BCUT2D eigenvalue weighted by molar-refractivity contribution is 5.85. The average molecular weight is 314 g/mol. The van der Waals surface area contributed by atoms with Gasteiger partial charge in [-0.05, 0) is 24.1 Å². The Labute approximate surface area is 122 Å². The molecular weight excluding hydrogens is 295 g/mol. The van der Waals surface area contributed by atoms with Crippen LogP contribution in [0.4, 0.5) is 13.2 Å². The van der Waals surface area contributed by atoms with E-state index in [4.69, 9.17) is 10.5 Å². The monoisotopic (exact) mass is 313 g/mol. The molecule has 0 aliphatic rings. The van der Waals surface area contributed by atoms with Crippen molar-refractivity contribution < 1.29 is 23.0 Å². The molecule has 0 saturated heterocycles. The zero-order chi connectivity index (χ0) is 14.6. The van der Waals surface area contributed by atoms with Crippen molar-refractivity contribution >= 4 is 12.4 Å². The Morgan fingerprint density at radius 1 is 1.35 bits per heavy atom. The van der Waals surface area contributed by atoms with Gasteiger partial charge in [-0.15, -0.1) is 12.4 Å². The molecule has 0 amide bonds. The first kappa shape index (κ1) is 19.0. The van der Waals surface area contributed by atoms with Gasteiger partial charge in [0.05, 0.1) is 24.8 Å². The van der Waals surface area contributed by atoms with Crippen molar-refractivity contribution in [2.24, 2.45) is 5.73 Å². The van der Waals surface area contributed by atoms with Crippen LogP contribution in [0.5, 0.6) is 5.75 Å². The van der Waals surface area contributed by atoms with Crippen LogP contribution in [0, 0.1) is 0 Å². The summed E-state index contributed by atoms with van der Waals surface area (Å²) in [5.41, 5.74) is 4.74. The molecular formula is C13H19ClF3NO2. The molecule has 0 unspecified atom stereocenters. The lowest BCUT2D eigenvalue weighted by Gasteiger charge is -2.23. The molecule has 0 heterocycles. The zero-order valence-corrected chi connectivity index (χ0v) is 12.1. The van der Waals surface area contributed by atoms with Crippen molar-refractivity contribution in [1.82, 2.24) is 0 Å². The number of hydrogen-bond donors (Lipinski definition) is 2. The standard InChI is InChI=1S/C13H18F3NO2.ClH/c1-3-4-11(18)12(17)9-6-5-8(19-2)7-10(9)13(14,15)16;/h5-7,11-12,18H,3-4,17H2,1-2H3;1H/t11-,12+;/m1./s1. The molecule has 3 N–H and O–H groups in total. The number of methoxy groups -OCH3 is 1. The van der Waals surface area contributed by atoms with Gasteiger partial charge in [-0.3, -0.25) is 0 Å². The van der Waals surface area contributed by atoms with Crippen LogP contribution in [-0.4, -0.2) is 18.3 Å². The van der Waals surface area contributed by atoms with E-state index in [-0.39, 0.29) is 23.7 Å². The number of aliphatic hydroxyl groups is 1. The second-order valence-electron chi connectivity index (χ2n) is 4.33. The Hall–Kier alpha value is -0.980. The van der Waals surface area contributed by atoms with E-state index in [1.807, 2.05) is 6.92 Å². The number of alkyl halides is 3. The first-order valence-corrected chi connectivity index (χ1v) is 6.00. The summed E-state index contributed by atoms with van der Waals surface area (Å²) in [6, 6.07) is 2.49. The van der Waals surface area contributed by atoms with Gasteiger partial charge >= 0.3 is 6.18 Å². The van der Waals surface area contributed by atoms with E-state index in [0.29, 0.717) is 12.8 Å². The van der Waals surface area contributed by atoms with Gasteiger partial charge in [-0.1, -0.05) is 19.4 Å². The predicted molar refractivity (Wildman–Crippen MR) is 73.1 cm³/mol. The molecule has 0 aliphatic carbocycles. The number of aliphatic hydroxyl groups excluding tert-OH is 1. The summed E-state index contributed by atoms with van der Waals surface area (Å²) in [6.07, 6.45) is -4.54. The van der Waals surface area contributed by atoms with Gasteiger partial charge < -0.3 is 15.6 Å². The minimum absolute atomic E-state index is 0. The van der Waals surface area contributed by atoms with Crippen molar-refractivity contribution in [2.45, 2.75) is 38.1 Å². The Balaban J connectivity index is 0.00000361. The molecule has 1 aromatic carbocycles. The molecule has 0 bridgehead atoms. The van der Waals surface area contributed by atoms with Crippen LogP contribution in [0.2, 0.25) is 0 Å². The molecule has 0 aromatic heterocycles.